The first kappa shape index (κ1) is 13.1. The van der Waals surface area contributed by atoms with Gasteiger partial charge in [0.15, 0.2) is 0 Å². The molecule has 0 spiro atoms. The fraction of sp³-hybridized carbons (Fsp3) is 0.615. The van der Waals surface area contributed by atoms with Crippen LogP contribution in [0.25, 0.3) is 0 Å². The van der Waals surface area contributed by atoms with Crippen molar-refractivity contribution in [2.75, 3.05) is 13.2 Å². The molecule has 90 valence electrons. The number of nitrogens with zero attached hydrogens (tertiary/aromatic N) is 2. The quantitative estimate of drug-likeness (QED) is 0.799. The number of aliphatic hydroxyl groups excluding tert-OH is 1. The summed E-state index contributed by atoms with van der Waals surface area (Å²) in [4.78, 5) is 6.74. The van der Waals surface area contributed by atoms with E-state index in [4.69, 9.17) is 5.11 Å². The van der Waals surface area contributed by atoms with Crippen molar-refractivity contribution in [1.29, 1.82) is 0 Å². The van der Waals surface area contributed by atoms with E-state index in [1.807, 2.05) is 12.3 Å². The van der Waals surface area contributed by atoms with Crippen molar-refractivity contribution in [3.8, 4) is 0 Å². The monoisotopic (exact) mass is 222 g/mol. The maximum atomic E-state index is 8.88. The van der Waals surface area contributed by atoms with E-state index in [9.17, 15) is 0 Å². The molecule has 1 aromatic heterocycles. The molecular formula is C13H22N2O. The van der Waals surface area contributed by atoms with Crippen LogP contribution in [0, 0.1) is 6.92 Å². The first-order chi connectivity index (χ1) is 7.65. The van der Waals surface area contributed by atoms with Gasteiger partial charge >= 0.3 is 0 Å². The summed E-state index contributed by atoms with van der Waals surface area (Å²) in [5.41, 5.74) is 2.37. The van der Waals surface area contributed by atoms with E-state index < -0.39 is 0 Å². The summed E-state index contributed by atoms with van der Waals surface area (Å²) in [6.07, 6.45) is 2.66. The normalized spacial score (nSPS) is 11.4. The van der Waals surface area contributed by atoms with Gasteiger partial charge in [-0.15, -0.1) is 0 Å². The van der Waals surface area contributed by atoms with E-state index >= 15 is 0 Å². The molecule has 0 fully saturated rings. The van der Waals surface area contributed by atoms with Gasteiger partial charge in [-0.05, 0) is 38.8 Å². The highest BCUT2D eigenvalue weighted by Crippen LogP contribution is 2.10. The molecule has 3 heteroatoms. The number of rotatable bonds is 6. The number of pyridine rings is 1. The van der Waals surface area contributed by atoms with Crippen LogP contribution in [0.15, 0.2) is 18.3 Å². The summed E-state index contributed by atoms with van der Waals surface area (Å²) in [6.45, 7) is 8.48. The van der Waals surface area contributed by atoms with Gasteiger partial charge in [0.2, 0.25) is 0 Å². The molecule has 0 saturated carbocycles. The molecule has 1 heterocycles. The smallest absolute Gasteiger partial charge is 0.0573 e. The first-order valence-electron chi connectivity index (χ1n) is 5.90. The molecule has 1 N–H and O–H groups in total. The predicted molar refractivity (Wildman–Crippen MR) is 66.2 cm³/mol. The SMILES string of the molecule is Cc1cccnc1CN(CCCO)C(C)C. The van der Waals surface area contributed by atoms with Crippen LogP contribution in [0.1, 0.15) is 31.5 Å². The molecule has 0 aliphatic rings. The van der Waals surface area contributed by atoms with Crippen LogP contribution in [-0.2, 0) is 6.54 Å². The fourth-order valence-corrected chi connectivity index (χ4v) is 1.67. The Morgan fingerprint density at radius 2 is 2.19 bits per heavy atom. The summed E-state index contributed by atoms with van der Waals surface area (Å²) < 4.78 is 0. The highest BCUT2D eigenvalue weighted by atomic mass is 16.3. The zero-order valence-electron chi connectivity index (χ0n) is 10.5. The van der Waals surface area contributed by atoms with E-state index in [0.717, 1.165) is 25.2 Å². The average molecular weight is 222 g/mol. The molecule has 3 nitrogen and oxygen atoms in total. The van der Waals surface area contributed by atoms with E-state index in [2.05, 4.69) is 36.7 Å². The van der Waals surface area contributed by atoms with Crippen LogP contribution in [0.3, 0.4) is 0 Å². The molecule has 0 aliphatic carbocycles. The van der Waals surface area contributed by atoms with Crippen molar-refractivity contribution < 1.29 is 5.11 Å². The Kier molecular flexibility index (Phi) is 5.43. The topological polar surface area (TPSA) is 36.4 Å². The number of aromatic nitrogens is 1. The summed E-state index contributed by atoms with van der Waals surface area (Å²) in [6, 6.07) is 4.53. The molecule has 1 rings (SSSR count). The zero-order valence-corrected chi connectivity index (χ0v) is 10.5. The summed E-state index contributed by atoms with van der Waals surface area (Å²) >= 11 is 0. The third-order valence-electron chi connectivity index (χ3n) is 2.80. The Labute approximate surface area is 98.1 Å². The van der Waals surface area contributed by atoms with E-state index in [-0.39, 0.29) is 6.61 Å². The van der Waals surface area contributed by atoms with E-state index in [0.29, 0.717) is 6.04 Å². The van der Waals surface area contributed by atoms with Gasteiger partial charge in [0, 0.05) is 31.9 Å². The Morgan fingerprint density at radius 1 is 1.44 bits per heavy atom. The Hall–Kier alpha value is -0.930. The minimum atomic E-state index is 0.254. The maximum absolute atomic E-state index is 8.88. The van der Waals surface area contributed by atoms with Gasteiger partial charge in [-0.3, -0.25) is 9.88 Å². The van der Waals surface area contributed by atoms with Crippen molar-refractivity contribution >= 4 is 0 Å². The predicted octanol–water partition coefficient (Wildman–Crippen LogP) is 1.98. The highest BCUT2D eigenvalue weighted by Gasteiger charge is 2.11. The Bertz CT molecular complexity index is 313. The number of hydrogen-bond acceptors (Lipinski definition) is 3. The lowest BCUT2D eigenvalue weighted by molar-refractivity contribution is 0.183. The minimum absolute atomic E-state index is 0.254. The second kappa shape index (κ2) is 6.61. The van der Waals surface area contributed by atoms with E-state index in [1.165, 1.54) is 5.56 Å². The molecule has 1 aromatic rings. The fourth-order valence-electron chi connectivity index (χ4n) is 1.67. The van der Waals surface area contributed by atoms with Crippen molar-refractivity contribution in [3.63, 3.8) is 0 Å². The molecule has 0 bridgehead atoms. The van der Waals surface area contributed by atoms with Crippen molar-refractivity contribution in [2.24, 2.45) is 0 Å². The Morgan fingerprint density at radius 3 is 2.75 bits per heavy atom. The summed E-state index contributed by atoms with van der Waals surface area (Å²) in [5, 5.41) is 8.88. The maximum Gasteiger partial charge on any atom is 0.0573 e. The molecule has 0 aromatic carbocycles. The van der Waals surface area contributed by atoms with Gasteiger partial charge in [-0.25, -0.2) is 0 Å². The molecular weight excluding hydrogens is 200 g/mol. The molecule has 16 heavy (non-hydrogen) atoms. The van der Waals surface area contributed by atoms with Gasteiger partial charge in [-0.1, -0.05) is 6.07 Å². The average Bonchev–Trinajstić information content (AvgIpc) is 2.26. The number of aliphatic hydroxyl groups is 1. The van der Waals surface area contributed by atoms with Crippen LogP contribution in [-0.4, -0.2) is 34.2 Å². The summed E-state index contributed by atoms with van der Waals surface area (Å²) in [7, 11) is 0. The van der Waals surface area contributed by atoms with Crippen LogP contribution in [0.4, 0.5) is 0 Å². The minimum Gasteiger partial charge on any atom is -0.396 e. The van der Waals surface area contributed by atoms with Gasteiger partial charge in [0.05, 0.1) is 5.69 Å². The third kappa shape index (κ3) is 3.91. The second-order valence-electron chi connectivity index (χ2n) is 4.41. The van der Waals surface area contributed by atoms with Crippen molar-refractivity contribution in [3.05, 3.63) is 29.6 Å². The molecule has 0 saturated heterocycles. The van der Waals surface area contributed by atoms with Gasteiger partial charge < -0.3 is 5.11 Å². The highest BCUT2D eigenvalue weighted by molar-refractivity contribution is 5.17. The van der Waals surface area contributed by atoms with Crippen LogP contribution < -0.4 is 0 Å². The number of aryl methyl sites for hydroxylation is 1. The second-order valence-corrected chi connectivity index (χ2v) is 4.41. The molecule has 0 radical (unpaired) electrons. The van der Waals surface area contributed by atoms with Crippen LogP contribution in [0.2, 0.25) is 0 Å². The first-order valence-corrected chi connectivity index (χ1v) is 5.90. The lowest BCUT2D eigenvalue weighted by atomic mass is 10.2. The van der Waals surface area contributed by atoms with Gasteiger partial charge in [0.1, 0.15) is 0 Å². The molecule has 0 aliphatic heterocycles. The summed E-state index contributed by atoms with van der Waals surface area (Å²) in [5.74, 6) is 0. The molecule has 0 unspecified atom stereocenters. The van der Waals surface area contributed by atoms with E-state index in [1.54, 1.807) is 0 Å². The van der Waals surface area contributed by atoms with Crippen molar-refractivity contribution in [1.82, 2.24) is 9.88 Å². The van der Waals surface area contributed by atoms with Gasteiger partial charge in [-0.2, -0.15) is 0 Å². The largest absolute Gasteiger partial charge is 0.396 e. The molecule has 0 atom stereocenters. The number of hydrogen-bond donors (Lipinski definition) is 1. The lowest BCUT2D eigenvalue weighted by Crippen LogP contribution is -2.32. The van der Waals surface area contributed by atoms with Crippen LogP contribution >= 0.6 is 0 Å². The standard InChI is InChI=1S/C13H22N2O/c1-11(2)15(8-5-9-16)10-13-12(3)6-4-7-14-13/h4,6-7,11,16H,5,8-10H2,1-3H3. The Balaban J connectivity index is 2.64. The lowest BCUT2D eigenvalue weighted by Gasteiger charge is -2.26. The zero-order chi connectivity index (χ0) is 12.0. The van der Waals surface area contributed by atoms with Crippen LogP contribution in [0.5, 0.6) is 0 Å². The van der Waals surface area contributed by atoms with Gasteiger partial charge in [0.25, 0.3) is 0 Å². The third-order valence-corrected chi connectivity index (χ3v) is 2.80. The van der Waals surface area contributed by atoms with Crippen molar-refractivity contribution in [2.45, 2.75) is 39.8 Å². The molecule has 0 amide bonds.